The third kappa shape index (κ3) is 6.55. The molecule has 0 radical (unpaired) electrons. The zero-order valence-electron chi connectivity index (χ0n) is 21.2. The van der Waals surface area contributed by atoms with Gasteiger partial charge >= 0.3 is 18.1 Å². The highest BCUT2D eigenvalue weighted by molar-refractivity contribution is 6.02. The molecular weight excluding hydrogens is 527 g/mol. The van der Waals surface area contributed by atoms with Gasteiger partial charge in [-0.3, -0.25) is 9.59 Å². The number of hydrogen-bond donors (Lipinski definition) is 2. The molecule has 11 heteroatoms. The van der Waals surface area contributed by atoms with E-state index in [0.717, 1.165) is 23.3 Å². The number of benzene rings is 3. The Morgan fingerprint density at radius 2 is 1.52 bits per heavy atom. The van der Waals surface area contributed by atoms with Crippen LogP contribution in [0.4, 0.5) is 18.9 Å². The van der Waals surface area contributed by atoms with Crippen LogP contribution in [0.2, 0.25) is 0 Å². The summed E-state index contributed by atoms with van der Waals surface area (Å²) in [7, 11) is 0. The molecule has 3 N–H and O–H groups in total. The molecule has 0 saturated carbocycles. The monoisotopic (exact) mass is 553 g/mol. The summed E-state index contributed by atoms with van der Waals surface area (Å²) in [4.78, 5) is 51.6. The smallest absolute Gasteiger partial charge is 0.383 e. The standard InChI is InChI=1S/C29H26F3N3O5/c30-29(31,32)28(39)40-27(38)21-12-14-22(15-13-21)34-25(36)24-23(19-5-2-1-3-6-19)7-4-16-35(24)26(37)20-10-8-18(17-33)9-11-20/h1-3,5-6,8-15,23-24H,4,7,16-17,33H2,(H,34,36). The van der Waals surface area contributed by atoms with E-state index >= 15 is 0 Å². The normalized spacial score (nSPS) is 17.1. The second-order valence-corrected chi connectivity index (χ2v) is 9.25. The van der Waals surface area contributed by atoms with Crippen LogP contribution in [0.5, 0.6) is 0 Å². The molecule has 1 aliphatic heterocycles. The fourth-order valence-electron chi connectivity index (χ4n) is 4.65. The lowest BCUT2D eigenvalue weighted by Gasteiger charge is -2.40. The van der Waals surface area contributed by atoms with Gasteiger partial charge in [0.05, 0.1) is 5.56 Å². The molecule has 1 fully saturated rings. The lowest BCUT2D eigenvalue weighted by atomic mass is 9.82. The lowest BCUT2D eigenvalue weighted by Crippen LogP contribution is -2.53. The van der Waals surface area contributed by atoms with Crippen LogP contribution >= 0.6 is 0 Å². The molecule has 8 nitrogen and oxygen atoms in total. The number of halogens is 3. The van der Waals surface area contributed by atoms with E-state index in [9.17, 15) is 32.3 Å². The van der Waals surface area contributed by atoms with Crippen molar-refractivity contribution in [3.05, 3.63) is 101 Å². The van der Waals surface area contributed by atoms with Gasteiger partial charge in [0, 0.05) is 30.3 Å². The number of rotatable bonds is 6. The molecule has 3 aromatic rings. The van der Waals surface area contributed by atoms with Gasteiger partial charge in [-0.25, -0.2) is 9.59 Å². The number of likely N-dealkylation sites (tertiary alicyclic amines) is 1. The molecular formula is C29H26F3N3O5. The number of nitrogens with one attached hydrogen (secondary N) is 1. The molecule has 1 saturated heterocycles. The quantitative estimate of drug-likeness (QED) is 0.345. The Hall–Kier alpha value is -4.51. The zero-order valence-corrected chi connectivity index (χ0v) is 21.2. The van der Waals surface area contributed by atoms with E-state index in [1.807, 2.05) is 30.3 Å². The number of alkyl halides is 3. The van der Waals surface area contributed by atoms with E-state index in [0.29, 0.717) is 31.5 Å². The van der Waals surface area contributed by atoms with Crippen molar-refractivity contribution in [2.75, 3.05) is 11.9 Å². The molecule has 4 rings (SSSR count). The fourth-order valence-corrected chi connectivity index (χ4v) is 4.65. The Kier molecular flexibility index (Phi) is 8.64. The topological polar surface area (TPSA) is 119 Å². The molecule has 2 atom stereocenters. The molecule has 3 aromatic carbocycles. The number of esters is 2. The van der Waals surface area contributed by atoms with Gasteiger partial charge in [-0.05, 0) is 60.4 Å². The van der Waals surface area contributed by atoms with E-state index in [2.05, 4.69) is 10.1 Å². The third-order valence-corrected chi connectivity index (χ3v) is 6.63. The average Bonchev–Trinajstić information content (AvgIpc) is 2.96. The summed E-state index contributed by atoms with van der Waals surface area (Å²) in [5.41, 5.74) is 7.77. The van der Waals surface area contributed by atoms with Crippen molar-refractivity contribution in [2.45, 2.75) is 37.5 Å². The minimum Gasteiger partial charge on any atom is -0.383 e. The molecule has 0 bridgehead atoms. The van der Waals surface area contributed by atoms with Crippen molar-refractivity contribution in [3.8, 4) is 0 Å². The van der Waals surface area contributed by atoms with E-state index in [1.54, 1.807) is 29.2 Å². The van der Waals surface area contributed by atoms with Crippen molar-refractivity contribution in [3.63, 3.8) is 0 Å². The van der Waals surface area contributed by atoms with Crippen LogP contribution in [0.3, 0.4) is 0 Å². The van der Waals surface area contributed by atoms with Gasteiger partial charge in [0.1, 0.15) is 6.04 Å². The van der Waals surface area contributed by atoms with E-state index in [-0.39, 0.29) is 23.1 Å². The Morgan fingerprint density at radius 1 is 0.900 bits per heavy atom. The number of carbonyl (C=O) groups excluding carboxylic acids is 4. The molecule has 40 heavy (non-hydrogen) atoms. The predicted octanol–water partition coefficient (Wildman–Crippen LogP) is 4.42. The summed E-state index contributed by atoms with van der Waals surface area (Å²) < 4.78 is 41.0. The first-order valence-corrected chi connectivity index (χ1v) is 12.5. The van der Waals surface area contributed by atoms with Crippen molar-refractivity contribution < 1.29 is 37.1 Å². The number of hydrogen-bond acceptors (Lipinski definition) is 6. The minimum atomic E-state index is -5.31. The van der Waals surface area contributed by atoms with Crippen LogP contribution in [0, 0.1) is 0 Å². The van der Waals surface area contributed by atoms with Crippen LogP contribution in [-0.4, -0.2) is 47.4 Å². The second-order valence-electron chi connectivity index (χ2n) is 9.25. The number of ether oxygens (including phenoxy) is 1. The first-order chi connectivity index (χ1) is 19.1. The molecule has 1 aliphatic rings. The number of nitrogens with two attached hydrogens (primary N) is 1. The molecule has 0 aromatic heterocycles. The largest absolute Gasteiger partial charge is 0.491 e. The van der Waals surface area contributed by atoms with Crippen molar-refractivity contribution >= 4 is 29.4 Å². The van der Waals surface area contributed by atoms with Gasteiger partial charge < -0.3 is 20.7 Å². The molecule has 1 heterocycles. The highest BCUT2D eigenvalue weighted by Crippen LogP contribution is 2.34. The van der Waals surface area contributed by atoms with E-state index in [1.165, 1.54) is 12.1 Å². The number of piperidine rings is 1. The number of anilines is 1. The lowest BCUT2D eigenvalue weighted by molar-refractivity contribution is -0.193. The molecule has 0 aliphatic carbocycles. The number of amides is 2. The van der Waals surface area contributed by atoms with Crippen molar-refractivity contribution in [2.24, 2.45) is 5.73 Å². The first-order valence-electron chi connectivity index (χ1n) is 12.5. The molecule has 2 amide bonds. The molecule has 208 valence electrons. The third-order valence-electron chi connectivity index (χ3n) is 6.63. The Bertz CT molecular complexity index is 1380. The van der Waals surface area contributed by atoms with Gasteiger partial charge in [0.2, 0.25) is 5.91 Å². The SMILES string of the molecule is NCc1ccc(C(=O)N2CCCC(c3ccccc3)C2C(=O)Nc2ccc(C(=O)OC(=O)C(F)(F)F)cc2)cc1. The van der Waals surface area contributed by atoms with Crippen LogP contribution in [0.15, 0.2) is 78.9 Å². The summed E-state index contributed by atoms with van der Waals surface area (Å²) >= 11 is 0. The minimum absolute atomic E-state index is 0.237. The fraction of sp³-hybridized carbons (Fsp3) is 0.241. The summed E-state index contributed by atoms with van der Waals surface area (Å²) in [5, 5.41) is 2.75. The van der Waals surface area contributed by atoms with Gasteiger partial charge in [-0.1, -0.05) is 42.5 Å². The summed E-state index contributed by atoms with van der Waals surface area (Å²) in [5.74, 6) is -5.18. The van der Waals surface area contributed by atoms with Crippen molar-refractivity contribution in [1.82, 2.24) is 4.90 Å². The van der Waals surface area contributed by atoms with Crippen LogP contribution in [0.1, 0.15) is 50.6 Å². The van der Waals surface area contributed by atoms with Crippen LogP contribution < -0.4 is 11.1 Å². The second kappa shape index (κ2) is 12.1. The maximum atomic E-state index is 13.7. The highest BCUT2D eigenvalue weighted by atomic mass is 19.4. The summed E-state index contributed by atoms with van der Waals surface area (Å²) in [6.07, 6.45) is -3.96. The van der Waals surface area contributed by atoms with E-state index in [4.69, 9.17) is 5.73 Å². The number of nitrogens with zero attached hydrogens (tertiary/aromatic N) is 1. The van der Waals surface area contributed by atoms with Crippen LogP contribution in [0.25, 0.3) is 0 Å². The Balaban J connectivity index is 1.57. The summed E-state index contributed by atoms with van der Waals surface area (Å²) in [6, 6.07) is 20.2. The summed E-state index contributed by atoms with van der Waals surface area (Å²) in [6.45, 7) is 0.686. The van der Waals surface area contributed by atoms with Gasteiger partial charge in [-0.15, -0.1) is 0 Å². The highest BCUT2D eigenvalue weighted by Gasteiger charge is 2.43. The number of carbonyl (C=O) groups is 4. The Morgan fingerprint density at radius 3 is 2.12 bits per heavy atom. The maximum absolute atomic E-state index is 13.7. The van der Waals surface area contributed by atoms with Gasteiger partial charge in [0.25, 0.3) is 5.91 Å². The predicted molar refractivity (Wildman–Crippen MR) is 139 cm³/mol. The zero-order chi connectivity index (χ0) is 28.9. The average molecular weight is 554 g/mol. The molecule has 2 unspecified atom stereocenters. The van der Waals surface area contributed by atoms with Crippen LogP contribution in [-0.2, 0) is 20.9 Å². The first kappa shape index (κ1) is 28.5. The van der Waals surface area contributed by atoms with Gasteiger partial charge in [-0.2, -0.15) is 13.2 Å². The molecule has 0 spiro atoms. The van der Waals surface area contributed by atoms with Gasteiger partial charge in [0.15, 0.2) is 0 Å². The maximum Gasteiger partial charge on any atom is 0.491 e. The van der Waals surface area contributed by atoms with E-state index < -0.39 is 30.1 Å². The van der Waals surface area contributed by atoms with Crippen molar-refractivity contribution in [1.29, 1.82) is 0 Å². The Labute approximate surface area is 227 Å².